The number of rotatable bonds is 5. The summed E-state index contributed by atoms with van der Waals surface area (Å²) in [6.45, 7) is 1.29. The molecule has 0 bridgehead atoms. The van der Waals surface area contributed by atoms with Crippen LogP contribution in [0.4, 0.5) is 5.00 Å². The topological polar surface area (TPSA) is 80.6 Å². The van der Waals surface area contributed by atoms with Crippen molar-refractivity contribution >= 4 is 28.2 Å². The maximum absolute atomic E-state index is 12.0. The molecule has 22 heavy (non-hydrogen) atoms. The van der Waals surface area contributed by atoms with Gasteiger partial charge in [-0.25, -0.2) is 0 Å². The molecule has 1 saturated heterocycles. The molecule has 3 rings (SSSR count). The number of anilines is 1. The van der Waals surface area contributed by atoms with Gasteiger partial charge in [0, 0.05) is 13.2 Å². The van der Waals surface area contributed by atoms with Gasteiger partial charge in [-0.05, 0) is 37.1 Å². The standard InChI is InChI=1S/C15H16N2O4S/c18-14(11-4-2-8-21-11)17-13-6-5-12(22-13)15(19)16-9-10-3-1-7-20-10/h2,4-6,8,10H,1,3,7,9H2,(H,16,19)(H,17,18). The molecule has 0 radical (unpaired) electrons. The fraction of sp³-hybridized carbons (Fsp3) is 0.333. The predicted octanol–water partition coefficient (Wildman–Crippen LogP) is 2.50. The molecule has 1 fully saturated rings. The van der Waals surface area contributed by atoms with Crippen LogP contribution in [0.5, 0.6) is 0 Å². The van der Waals surface area contributed by atoms with E-state index in [1.807, 2.05) is 0 Å². The summed E-state index contributed by atoms with van der Waals surface area (Å²) in [7, 11) is 0. The van der Waals surface area contributed by atoms with Crippen molar-refractivity contribution < 1.29 is 18.7 Å². The largest absolute Gasteiger partial charge is 0.459 e. The van der Waals surface area contributed by atoms with E-state index in [2.05, 4.69) is 10.6 Å². The van der Waals surface area contributed by atoms with Gasteiger partial charge in [0.1, 0.15) is 0 Å². The molecule has 3 heterocycles. The number of thiophene rings is 1. The highest BCUT2D eigenvalue weighted by atomic mass is 32.1. The molecule has 6 nitrogen and oxygen atoms in total. The van der Waals surface area contributed by atoms with Crippen LogP contribution >= 0.6 is 11.3 Å². The van der Waals surface area contributed by atoms with Gasteiger partial charge in [0.2, 0.25) is 0 Å². The number of nitrogens with one attached hydrogen (secondary N) is 2. The van der Waals surface area contributed by atoms with Crippen molar-refractivity contribution in [1.29, 1.82) is 0 Å². The zero-order chi connectivity index (χ0) is 15.4. The number of carbonyl (C=O) groups is 2. The minimum Gasteiger partial charge on any atom is -0.459 e. The quantitative estimate of drug-likeness (QED) is 0.887. The third-order valence-corrected chi connectivity index (χ3v) is 4.33. The molecule has 1 atom stereocenters. The number of hydrogen-bond acceptors (Lipinski definition) is 5. The lowest BCUT2D eigenvalue weighted by Gasteiger charge is -2.09. The van der Waals surface area contributed by atoms with Crippen molar-refractivity contribution in [3.63, 3.8) is 0 Å². The highest BCUT2D eigenvalue weighted by Crippen LogP contribution is 2.22. The van der Waals surface area contributed by atoms with Crippen LogP contribution in [0.2, 0.25) is 0 Å². The lowest BCUT2D eigenvalue weighted by atomic mass is 10.2. The zero-order valence-electron chi connectivity index (χ0n) is 11.8. The molecule has 7 heteroatoms. The Hall–Kier alpha value is -2.12. The van der Waals surface area contributed by atoms with Crippen LogP contribution in [0.25, 0.3) is 0 Å². The Morgan fingerprint density at radius 3 is 2.91 bits per heavy atom. The van der Waals surface area contributed by atoms with Crippen LogP contribution in [-0.2, 0) is 4.74 Å². The highest BCUT2D eigenvalue weighted by molar-refractivity contribution is 7.18. The number of carbonyl (C=O) groups excluding carboxylic acids is 2. The normalized spacial score (nSPS) is 17.4. The van der Waals surface area contributed by atoms with Crippen LogP contribution in [0.15, 0.2) is 34.9 Å². The third-order valence-electron chi connectivity index (χ3n) is 3.33. The van der Waals surface area contributed by atoms with Gasteiger partial charge in [0.15, 0.2) is 5.76 Å². The second-order valence-electron chi connectivity index (χ2n) is 4.94. The second-order valence-corrected chi connectivity index (χ2v) is 6.02. The Balaban J connectivity index is 1.53. The Labute approximate surface area is 131 Å². The fourth-order valence-corrected chi connectivity index (χ4v) is 3.03. The van der Waals surface area contributed by atoms with E-state index in [9.17, 15) is 9.59 Å². The van der Waals surface area contributed by atoms with Gasteiger partial charge in [-0.3, -0.25) is 9.59 Å². The van der Waals surface area contributed by atoms with E-state index in [-0.39, 0.29) is 23.7 Å². The molecular formula is C15H16N2O4S. The lowest BCUT2D eigenvalue weighted by Crippen LogP contribution is -2.31. The number of furan rings is 1. The first-order valence-electron chi connectivity index (χ1n) is 7.07. The molecule has 2 aromatic rings. The molecular weight excluding hydrogens is 304 g/mol. The molecule has 2 aromatic heterocycles. The van der Waals surface area contributed by atoms with Gasteiger partial charge in [-0.1, -0.05) is 0 Å². The molecule has 2 N–H and O–H groups in total. The van der Waals surface area contributed by atoms with Crippen molar-refractivity contribution in [2.24, 2.45) is 0 Å². The van der Waals surface area contributed by atoms with Gasteiger partial charge in [0.05, 0.1) is 22.2 Å². The molecule has 1 unspecified atom stereocenters. The summed E-state index contributed by atoms with van der Waals surface area (Å²) in [5, 5.41) is 6.15. The Bertz CT molecular complexity index is 644. The molecule has 1 aliphatic heterocycles. The fourth-order valence-electron chi connectivity index (χ4n) is 2.21. The molecule has 2 amide bonds. The van der Waals surface area contributed by atoms with Crippen LogP contribution in [0, 0.1) is 0 Å². The summed E-state index contributed by atoms with van der Waals surface area (Å²) in [4.78, 5) is 24.4. The van der Waals surface area contributed by atoms with E-state index in [0.29, 0.717) is 16.4 Å². The van der Waals surface area contributed by atoms with E-state index in [0.717, 1.165) is 19.4 Å². The number of hydrogen-bond donors (Lipinski definition) is 2. The molecule has 0 saturated carbocycles. The summed E-state index contributed by atoms with van der Waals surface area (Å²) in [6.07, 6.45) is 3.58. The Kier molecular flexibility index (Phi) is 4.55. The van der Waals surface area contributed by atoms with E-state index < -0.39 is 0 Å². The van der Waals surface area contributed by atoms with Crippen molar-refractivity contribution in [2.45, 2.75) is 18.9 Å². The maximum atomic E-state index is 12.0. The first-order chi connectivity index (χ1) is 10.7. The molecule has 116 valence electrons. The van der Waals surface area contributed by atoms with Crippen molar-refractivity contribution in [2.75, 3.05) is 18.5 Å². The Morgan fingerprint density at radius 1 is 1.27 bits per heavy atom. The summed E-state index contributed by atoms with van der Waals surface area (Å²) < 4.78 is 10.5. The average molecular weight is 320 g/mol. The first kappa shape index (κ1) is 14.8. The van der Waals surface area contributed by atoms with Crippen LogP contribution in [-0.4, -0.2) is 31.1 Å². The van der Waals surface area contributed by atoms with Crippen molar-refractivity contribution in [1.82, 2.24) is 5.32 Å². The number of amides is 2. The summed E-state index contributed by atoms with van der Waals surface area (Å²) >= 11 is 1.22. The highest BCUT2D eigenvalue weighted by Gasteiger charge is 2.18. The van der Waals surface area contributed by atoms with Gasteiger partial charge in [-0.2, -0.15) is 0 Å². The molecule has 0 spiro atoms. The predicted molar refractivity (Wildman–Crippen MR) is 82.3 cm³/mol. The minimum absolute atomic E-state index is 0.113. The van der Waals surface area contributed by atoms with E-state index in [1.165, 1.54) is 17.6 Å². The molecule has 0 aromatic carbocycles. The monoisotopic (exact) mass is 320 g/mol. The Morgan fingerprint density at radius 2 is 2.18 bits per heavy atom. The van der Waals surface area contributed by atoms with Gasteiger partial charge in [-0.15, -0.1) is 11.3 Å². The van der Waals surface area contributed by atoms with Crippen molar-refractivity contribution in [3.05, 3.63) is 41.2 Å². The first-order valence-corrected chi connectivity index (χ1v) is 7.88. The summed E-state index contributed by atoms with van der Waals surface area (Å²) in [6, 6.07) is 6.62. The van der Waals surface area contributed by atoms with Gasteiger partial charge < -0.3 is 19.8 Å². The smallest absolute Gasteiger partial charge is 0.291 e. The van der Waals surface area contributed by atoms with Crippen molar-refractivity contribution in [3.8, 4) is 0 Å². The second kappa shape index (κ2) is 6.76. The molecule has 1 aliphatic rings. The minimum atomic E-state index is -0.335. The SMILES string of the molecule is O=C(Nc1ccc(C(=O)NCC2CCCO2)s1)c1ccco1. The van der Waals surface area contributed by atoms with Crippen LogP contribution in [0.3, 0.4) is 0 Å². The van der Waals surface area contributed by atoms with Gasteiger partial charge >= 0.3 is 0 Å². The number of ether oxygens (including phenoxy) is 1. The van der Waals surface area contributed by atoms with E-state index >= 15 is 0 Å². The zero-order valence-corrected chi connectivity index (χ0v) is 12.7. The van der Waals surface area contributed by atoms with E-state index in [1.54, 1.807) is 24.3 Å². The van der Waals surface area contributed by atoms with E-state index in [4.69, 9.17) is 9.15 Å². The van der Waals surface area contributed by atoms with Crippen LogP contribution in [0.1, 0.15) is 33.1 Å². The van der Waals surface area contributed by atoms with Gasteiger partial charge in [0.25, 0.3) is 11.8 Å². The third kappa shape index (κ3) is 3.55. The molecule has 0 aliphatic carbocycles. The van der Waals surface area contributed by atoms with Crippen LogP contribution < -0.4 is 10.6 Å². The summed E-state index contributed by atoms with van der Waals surface area (Å²) in [5.41, 5.74) is 0. The maximum Gasteiger partial charge on any atom is 0.291 e. The summed E-state index contributed by atoms with van der Waals surface area (Å²) in [5.74, 6) is -0.255. The average Bonchev–Trinajstić information content (AvgIpc) is 3.25. The lowest BCUT2D eigenvalue weighted by molar-refractivity contribution is 0.0861.